The van der Waals surface area contributed by atoms with E-state index in [0.717, 1.165) is 13.0 Å². The summed E-state index contributed by atoms with van der Waals surface area (Å²) in [5.74, 6) is -0.815. The summed E-state index contributed by atoms with van der Waals surface area (Å²) < 4.78 is 0. The van der Waals surface area contributed by atoms with Crippen molar-refractivity contribution in [2.45, 2.75) is 47.1 Å². The number of hydrogen-bond donors (Lipinski definition) is 2. The number of carbonyl (C=O) groups is 2. The van der Waals surface area contributed by atoms with Crippen molar-refractivity contribution >= 4 is 23.5 Å². The van der Waals surface area contributed by atoms with Crippen LogP contribution in [0.5, 0.6) is 0 Å². The number of amides is 1. The average Bonchev–Trinajstić information content (AvgIpc) is 2.58. The molecular formula is C20H26N4O3. The third-order valence-electron chi connectivity index (χ3n) is 4.13. The Kier molecular flexibility index (Phi) is 6.50. The third kappa shape index (κ3) is 5.03. The highest BCUT2D eigenvalue weighted by Gasteiger charge is 2.17. The lowest BCUT2D eigenvalue weighted by Crippen LogP contribution is -2.33. The van der Waals surface area contributed by atoms with Gasteiger partial charge in [-0.1, -0.05) is 6.92 Å². The van der Waals surface area contributed by atoms with E-state index in [1.54, 1.807) is 25.1 Å². The molecular weight excluding hydrogens is 344 g/mol. The maximum absolute atomic E-state index is 12.7. The molecule has 0 aliphatic heterocycles. The molecule has 0 saturated carbocycles. The van der Waals surface area contributed by atoms with Gasteiger partial charge < -0.3 is 15.3 Å². The molecule has 27 heavy (non-hydrogen) atoms. The first-order valence-electron chi connectivity index (χ1n) is 9.00. The molecule has 0 aliphatic rings. The molecule has 0 saturated heterocycles. The molecule has 0 fully saturated rings. The molecule has 7 nitrogen and oxygen atoms in total. The van der Waals surface area contributed by atoms with E-state index in [1.807, 2.05) is 6.92 Å². The van der Waals surface area contributed by atoms with Crippen LogP contribution in [-0.4, -0.2) is 39.5 Å². The lowest BCUT2D eigenvalue weighted by Gasteiger charge is -2.26. The van der Waals surface area contributed by atoms with E-state index in [2.05, 4.69) is 41.0 Å². The van der Waals surface area contributed by atoms with Gasteiger partial charge in [0.15, 0.2) is 0 Å². The van der Waals surface area contributed by atoms with Gasteiger partial charge in [-0.15, -0.1) is 0 Å². The predicted octanol–water partition coefficient (Wildman–Crippen LogP) is 3.67. The van der Waals surface area contributed by atoms with Crippen LogP contribution in [0.15, 0.2) is 24.3 Å². The van der Waals surface area contributed by atoms with Crippen molar-refractivity contribution in [3.05, 3.63) is 46.8 Å². The third-order valence-corrected chi connectivity index (χ3v) is 4.13. The molecule has 0 aliphatic carbocycles. The Balaban J connectivity index is 2.28. The molecule has 2 aromatic rings. The summed E-state index contributed by atoms with van der Waals surface area (Å²) in [6.45, 7) is 10.5. The van der Waals surface area contributed by atoms with Crippen molar-refractivity contribution in [1.29, 1.82) is 0 Å². The van der Waals surface area contributed by atoms with Crippen molar-refractivity contribution in [2.75, 3.05) is 16.8 Å². The number of aryl methyl sites for hydroxylation is 2. The first-order chi connectivity index (χ1) is 12.7. The zero-order valence-corrected chi connectivity index (χ0v) is 16.4. The Bertz CT molecular complexity index is 849. The molecule has 1 aromatic carbocycles. The van der Waals surface area contributed by atoms with E-state index >= 15 is 0 Å². The minimum absolute atomic E-state index is 0.209. The van der Waals surface area contributed by atoms with E-state index in [0.29, 0.717) is 22.9 Å². The molecule has 2 N–H and O–H groups in total. The first-order valence-corrected chi connectivity index (χ1v) is 9.00. The number of benzene rings is 1. The number of nitrogens with zero attached hydrogens (tertiary/aromatic N) is 3. The molecule has 2 rings (SSSR count). The number of carboxylic acid groups (broad SMARTS) is 1. The molecule has 144 valence electrons. The van der Waals surface area contributed by atoms with E-state index < -0.39 is 5.97 Å². The summed E-state index contributed by atoms with van der Waals surface area (Å²) in [6, 6.07) is 6.54. The highest BCUT2D eigenvalue weighted by atomic mass is 16.4. The Hall–Kier alpha value is -2.96. The second-order valence-electron chi connectivity index (χ2n) is 6.77. The molecule has 0 spiro atoms. The summed E-state index contributed by atoms with van der Waals surface area (Å²) in [4.78, 5) is 34.8. The fourth-order valence-corrected chi connectivity index (χ4v) is 2.80. The molecule has 0 atom stereocenters. The van der Waals surface area contributed by atoms with E-state index in [4.69, 9.17) is 5.11 Å². The lowest BCUT2D eigenvalue weighted by molar-refractivity contribution is 0.0696. The van der Waals surface area contributed by atoms with Crippen LogP contribution in [0.2, 0.25) is 0 Å². The molecule has 7 heteroatoms. The largest absolute Gasteiger partial charge is 0.478 e. The number of hydrogen-bond acceptors (Lipinski definition) is 5. The zero-order chi connectivity index (χ0) is 20.1. The average molecular weight is 370 g/mol. The van der Waals surface area contributed by atoms with Gasteiger partial charge in [0.1, 0.15) is 5.69 Å². The Morgan fingerprint density at radius 3 is 2.44 bits per heavy atom. The summed E-state index contributed by atoms with van der Waals surface area (Å²) in [7, 11) is 0. The highest BCUT2D eigenvalue weighted by Crippen LogP contribution is 2.18. The monoisotopic (exact) mass is 370 g/mol. The number of anilines is 2. The maximum Gasteiger partial charge on any atom is 0.335 e. The number of rotatable bonds is 7. The first kappa shape index (κ1) is 20.4. The van der Waals surface area contributed by atoms with Crippen LogP contribution >= 0.6 is 0 Å². The normalized spacial score (nSPS) is 10.7. The number of aromatic nitrogens is 2. The number of carbonyl (C=O) groups excluding carboxylic acids is 1. The van der Waals surface area contributed by atoms with Gasteiger partial charge in [0.05, 0.1) is 5.56 Å². The quantitative estimate of drug-likeness (QED) is 0.772. The van der Waals surface area contributed by atoms with Crippen molar-refractivity contribution < 1.29 is 14.7 Å². The maximum atomic E-state index is 12.7. The van der Waals surface area contributed by atoms with Gasteiger partial charge in [-0.2, -0.15) is 0 Å². The zero-order valence-electron chi connectivity index (χ0n) is 16.4. The standard InChI is InChI=1S/C20H26N4O3/c1-6-9-24(12(2)3)20-21-14(5)11-17(23-20)18(25)22-15-7-8-16(19(26)27)13(4)10-15/h7-8,10-12H,6,9H2,1-5H3,(H,22,25)(H,26,27). The fourth-order valence-electron chi connectivity index (χ4n) is 2.80. The molecule has 0 bridgehead atoms. The number of carboxylic acids is 1. The molecule has 0 radical (unpaired) electrons. The number of aromatic carboxylic acids is 1. The molecule has 1 amide bonds. The molecule has 0 unspecified atom stereocenters. The topological polar surface area (TPSA) is 95.4 Å². The van der Waals surface area contributed by atoms with Crippen molar-refractivity contribution in [3.8, 4) is 0 Å². The van der Waals surface area contributed by atoms with Crippen LogP contribution < -0.4 is 10.2 Å². The smallest absolute Gasteiger partial charge is 0.335 e. The summed E-state index contributed by atoms with van der Waals surface area (Å²) in [6.07, 6.45) is 0.951. The van der Waals surface area contributed by atoms with Crippen LogP contribution in [0.3, 0.4) is 0 Å². The van der Waals surface area contributed by atoms with Crippen LogP contribution in [0.4, 0.5) is 11.6 Å². The van der Waals surface area contributed by atoms with E-state index in [-0.39, 0.29) is 23.2 Å². The van der Waals surface area contributed by atoms with Gasteiger partial charge in [0, 0.05) is 24.0 Å². The van der Waals surface area contributed by atoms with Gasteiger partial charge in [0.2, 0.25) is 5.95 Å². The Labute approximate surface area is 159 Å². The van der Waals surface area contributed by atoms with Gasteiger partial charge in [-0.05, 0) is 63.9 Å². The SMILES string of the molecule is CCCN(c1nc(C)cc(C(=O)Nc2ccc(C(=O)O)c(C)c2)n1)C(C)C. The van der Waals surface area contributed by atoms with E-state index in [1.165, 1.54) is 6.07 Å². The van der Waals surface area contributed by atoms with Gasteiger partial charge in [-0.3, -0.25) is 4.79 Å². The Morgan fingerprint density at radius 1 is 1.19 bits per heavy atom. The lowest BCUT2D eigenvalue weighted by atomic mass is 10.1. The molecule has 1 heterocycles. The minimum Gasteiger partial charge on any atom is -0.478 e. The van der Waals surface area contributed by atoms with Crippen molar-refractivity contribution in [1.82, 2.24) is 9.97 Å². The van der Waals surface area contributed by atoms with Crippen LogP contribution in [0.25, 0.3) is 0 Å². The Morgan fingerprint density at radius 2 is 1.89 bits per heavy atom. The van der Waals surface area contributed by atoms with Crippen LogP contribution in [0.1, 0.15) is 59.3 Å². The van der Waals surface area contributed by atoms with Crippen molar-refractivity contribution in [3.63, 3.8) is 0 Å². The van der Waals surface area contributed by atoms with Crippen LogP contribution in [-0.2, 0) is 0 Å². The summed E-state index contributed by atoms with van der Waals surface area (Å²) in [5.41, 5.74) is 2.30. The second-order valence-corrected chi connectivity index (χ2v) is 6.77. The summed E-state index contributed by atoms with van der Waals surface area (Å²) in [5, 5.41) is 11.9. The van der Waals surface area contributed by atoms with Gasteiger partial charge in [0.25, 0.3) is 5.91 Å². The minimum atomic E-state index is -0.994. The van der Waals surface area contributed by atoms with E-state index in [9.17, 15) is 9.59 Å². The predicted molar refractivity (Wildman–Crippen MR) is 106 cm³/mol. The highest BCUT2D eigenvalue weighted by molar-refractivity contribution is 6.03. The second kappa shape index (κ2) is 8.62. The molecule has 1 aromatic heterocycles. The van der Waals surface area contributed by atoms with Gasteiger partial charge >= 0.3 is 5.97 Å². The number of nitrogens with one attached hydrogen (secondary N) is 1. The summed E-state index contributed by atoms with van der Waals surface area (Å²) >= 11 is 0. The van der Waals surface area contributed by atoms with Crippen molar-refractivity contribution in [2.24, 2.45) is 0 Å². The van der Waals surface area contributed by atoms with Gasteiger partial charge in [-0.25, -0.2) is 14.8 Å². The van der Waals surface area contributed by atoms with Crippen LogP contribution in [0, 0.1) is 13.8 Å². The fraction of sp³-hybridized carbons (Fsp3) is 0.400.